The SMILES string of the molecule is F.FF.Nc1ncc(-c2ccccc2)s1.O=Cc1ccccc1.c1ccc(CNc2ncc(-c3ccccc3)s2)cc1. The molecule has 0 saturated heterocycles. The van der Waals surface area contributed by atoms with Crippen LogP contribution in [0.5, 0.6) is 0 Å². The molecule has 0 atom stereocenters. The lowest BCUT2D eigenvalue weighted by atomic mass is 10.2. The third kappa shape index (κ3) is 11.4. The van der Waals surface area contributed by atoms with Crippen molar-refractivity contribution in [3.8, 4) is 20.9 Å². The van der Waals surface area contributed by atoms with Gasteiger partial charge in [0.2, 0.25) is 0 Å². The van der Waals surface area contributed by atoms with Gasteiger partial charge >= 0.3 is 0 Å². The first-order chi connectivity index (χ1) is 20.2. The van der Waals surface area contributed by atoms with Crippen molar-refractivity contribution in [2.75, 3.05) is 11.1 Å². The summed E-state index contributed by atoms with van der Waals surface area (Å²) in [6, 6.07) is 39.9. The average molecular weight is 607 g/mol. The van der Waals surface area contributed by atoms with Gasteiger partial charge in [0.25, 0.3) is 0 Å². The van der Waals surface area contributed by atoms with E-state index in [4.69, 9.17) is 14.9 Å². The Morgan fingerprint density at radius 2 is 1.12 bits per heavy atom. The molecule has 5 nitrogen and oxygen atoms in total. The first kappa shape index (κ1) is 33.4. The van der Waals surface area contributed by atoms with E-state index in [-0.39, 0.29) is 4.70 Å². The Morgan fingerprint density at radius 1 is 0.667 bits per heavy atom. The first-order valence-electron chi connectivity index (χ1n) is 12.4. The molecule has 0 bridgehead atoms. The molecule has 6 aromatic rings. The highest BCUT2D eigenvalue weighted by Crippen LogP contribution is 2.29. The fourth-order valence-electron chi connectivity index (χ4n) is 3.42. The molecule has 0 spiro atoms. The van der Waals surface area contributed by atoms with Crippen LogP contribution in [0.4, 0.5) is 24.1 Å². The Labute approximate surface area is 250 Å². The van der Waals surface area contributed by atoms with E-state index in [0.717, 1.165) is 28.4 Å². The molecular formula is C32H29F3N4OS2. The third-order valence-electron chi connectivity index (χ3n) is 5.37. The number of hydrogen-bond donors (Lipinski definition) is 2. The van der Waals surface area contributed by atoms with Gasteiger partial charge in [0.15, 0.2) is 10.3 Å². The lowest BCUT2D eigenvalue weighted by Crippen LogP contribution is -1.97. The van der Waals surface area contributed by atoms with Crippen molar-refractivity contribution < 1.29 is 18.6 Å². The van der Waals surface area contributed by atoms with Crippen LogP contribution in [0.1, 0.15) is 15.9 Å². The number of aldehydes is 1. The van der Waals surface area contributed by atoms with E-state index < -0.39 is 0 Å². The van der Waals surface area contributed by atoms with Gasteiger partial charge in [0.05, 0.1) is 9.75 Å². The van der Waals surface area contributed by atoms with Gasteiger partial charge in [-0.25, -0.2) is 9.97 Å². The van der Waals surface area contributed by atoms with E-state index >= 15 is 0 Å². The fraction of sp³-hybridized carbons (Fsp3) is 0.0312. The van der Waals surface area contributed by atoms with Crippen molar-refractivity contribution in [1.29, 1.82) is 0 Å². The molecule has 216 valence electrons. The minimum Gasteiger partial charge on any atom is -0.375 e. The number of thiazole rings is 2. The van der Waals surface area contributed by atoms with E-state index in [1.54, 1.807) is 29.7 Å². The molecule has 0 aliphatic rings. The number of nitrogens with one attached hydrogen (secondary N) is 1. The third-order valence-corrected chi connectivity index (χ3v) is 7.25. The second-order valence-electron chi connectivity index (χ2n) is 8.19. The van der Waals surface area contributed by atoms with Crippen LogP contribution in [0.25, 0.3) is 20.9 Å². The molecule has 0 radical (unpaired) electrons. The van der Waals surface area contributed by atoms with Gasteiger partial charge in [0, 0.05) is 33.7 Å². The molecule has 0 aliphatic carbocycles. The molecule has 2 heterocycles. The molecule has 0 unspecified atom stereocenters. The Kier molecular flexibility index (Phi) is 15.4. The second-order valence-corrected chi connectivity index (χ2v) is 10.3. The quantitative estimate of drug-likeness (QED) is 0.185. The Hall–Kier alpha value is -4.80. The number of aromatic nitrogens is 2. The number of carbonyl (C=O) groups is 1. The largest absolute Gasteiger partial charge is 0.375 e. The zero-order valence-electron chi connectivity index (χ0n) is 22.3. The molecular weight excluding hydrogens is 578 g/mol. The minimum atomic E-state index is 0. The highest BCUT2D eigenvalue weighted by Gasteiger charge is 2.03. The van der Waals surface area contributed by atoms with E-state index in [0.29, 0.717) is 5.13 Å². The molecule has 0 amide bonds. The zero-order valence-corrected chi connectivity index (χ0v) is 24.0. The molecule has 0 fully saturated rings. The molecule has 3 N–H and O–H groups in total. The molecule has 2 aromatic heterocycles. The van der Waals surface area contributed by atoms with Crippen LogP contribution in [-0.4, -0.2) is 16.3 Å². The van der Waals surface area contributed by atoms with Crippen LogP contribution < -0.4 is 11.1 Å². The second kappa shape index (κ2) is 19.3. The molecule has 0 saturated carbocycles. The van der Waals surface area contributed by atoms with Crippen LogP contribution in [0.15, 0.2) is 134 Å². The van der Waals surface area contributed by atoms with Crippen molar-refractivity contribution in [3.05, 3.63) is 145 Å². The maximum absolute atomic E-state index is 10.0. The molecule has 0 aliphatic heterocycles. The van der Waals surface area contributed by atoms with Gasteiger partial charge in [-0.1, -0.05) is 144 Å². The van der Waals surface area contributed by atoms with Crippen molar-refractivity contribution in [3.63, 3.8) is 0 Å². The number of nitrogens with two attached hydrogens (primary N) is 1. The highest BCUT2D eigenvalue weighted by molar-refractivity contribution is 7.19. The predicted octanol–water partition coefficient (Wildman–Crippen LogP) is 9.31. The average Bonchev–Trinajstić information content (AvgIpc) is 3.73. The fourth-order valence-corrected chi connectivity index (χ4v) is 4.93. The molecule has 42 heavy (non-hydrogen) atoms. The first-order valence-corrected chi connectivity index (χ1v) is 14.0. The van der Waals surface area contributed by atoms with Gasteiger partial charge in [0.1, 0.15) is 6.29 Å². The van der Waals surface area contributed by atoms with Gasteiger partial charge in [-0.05, 0) is 16.7 Å². The summed E-state index contributed by atoms with van der Waals surface area (Å²) in [6.07, 6.45) is 4.56. The molecule has 6 rings (SSSR count). The lowest BCUT2D eigenvalue weighted by molar-refractivity contribution is 0.108. The number of anilines is 2. The van der Waals surface area contributed by atoms with E-state index in [9.17, 15) is 4.79 Å². The number of halogens is 3. The summed E-state index contributed by atoms with van der Waals surface area (Å²) >= 11 is 3.19. The standard InChI is InChI=1S/C16H14N2S.C9H8N2S.C7H6O.F2.FH/c1-3-7-13(8-4-1)11-17-16-18-12-15(19-16)14-9-5-2-6-10-14;10-9-11-6-8(12-9)7-4-2-1-3-5-7;8-6-7-4-2-1-3-5-7;1-2;/h1-10,12H,11H2,(H,17,18);1-6H,(H2,10,11);1-6H;;1H. The maximum atomic E-state index is 10.0. The number of carbonyl (C=O) groups excluding carboxylic acids is 1. The van der Waals surface area contributed by atoms with Crippen molar-refractivity contribution in [1.82, 2.24) is 9.97 Å². The van der Waals surface area contributed by atoms with E-state index in [2.05, 4.69) is 39.6 Å². The van der Waals surface area contributed by atoms with Crippen molar-refractivity contribution in [2.45, 2.75) is 6.54 Å². The smallest absolute Gasteiger partial charge is 0.183 e. The summed E-state index contributed by atoms with van der Waals surface area (Å²) in [5, 5.41) is 4.94. The van der Waals surface area contributed by atoms with E-state index in [1.165, 1.54) is 32.9 Å². The Bertz CT molecular complexity index is 1540. The predicted molar refractivity (Wildman–Crippen MR) is 170 cm³/mol. The van der Waals surface area contributed by atoms with Crippen LogP contribution in [-0.2, 0) is 6.54 Å². The number of hydrogen-bond acceptors (Lipinski definition) is 7. The normalized spacial score (nSPS) is 9.29. The zero-order chi connectivity index (χ0) is 29.1. The van der Waals surface area contributed by atoms with Crippen molar-refractivity contribution in [2.24, 2.45) is 0 Å². The molecule has 10 heteroatoms. The van der Waals surface area contributed by atoms with E-state index in [1.807, 2.05) is 91.1 Å². The number of rotatable bonds is 6. The summed E-state index contributed by atoms with van der Waals surface area (Å²) < 4.78 is 16.0. The summed E-state index contributed by atoms with van der Waals surface area (Å²) in [7, 11) is 0. The van der Waals surface area contributed by atoms with Crippen LogP contribution in [0.3, 0.4) is 0 Å². The maximum Gasteiger partial charge on any atom is 0.183 e. The summed E-state index contributed by atoms with van der Waals surface area (Å²) in [6.45, 7) is 0.808. The van der Waals surface area contributed by atoms with Gasteiger partial charge in [-0.3, -0.25) is 9.50 Å². The van der Waals surface area contributed by atoms with Crippen molar-refractivity contribution >= 4 is 39.2 Å². The lowest BCUT2D eigenvalue weighted by Gasteiger charge is -2.01. The summed E-state index contributed by atoms with van der Waals surface area (Å²) in [5.74, 6) is 0. The van der Waals surface area contributed by atoms with Gasteiger partial charge < -0.3 is 11.1 Å². The number of benzene rings is 4. The summed E-state index contributed by atoms with van der Waals surface area (Å²) in [4.78, 5) is 20.7. The monoisotopic (exact) mass is 606 g/mol. The van der Waals surface area contributed by atoms with Crippen LogP contribution in [0, 0.1) is 0 Å². The van der Waals surface area contributed by atoms with Gasteiger partial charge in [-0.15, -0.1) is 0 Å². The van der Waals surface area contributed by atoms with Crippen LogP contribution >= 0.6 is 22.7 Å². The topological polar surface area (TPSA) is 80.9 Å². The Morgan fingerprint density at radius 3 is 1.57 bits per heavy atom. The molecule has 4 aromatic carbocycles. The number of nitrogen functional groups attached to an aromatic ring is 1. The highest BCUT2D eigenvalue weighted by atomic mass is 32.1. The van der Waals surface area contributed by atoms with Gasteiger partial charge in [-0.2, -0.15) is 0 Å². The number of nitrogens with zero attached hydrogens (tertiary/aromatic N) is 2. The summed E-state index contributed by atoms with van der Waals surface area (Å²) in [5.41, 5.74) is 9.90. The Balaban J connectivity index is 0.000000230. The van der Waals surface area contributed by atoms with Crippen LogP contribution in [0.2, 0.25) is 0 Å². The minimum absolute atomic E-state index is 0.